The van der Waals surface area contributed by atoms with E-state index in [0.29, 0.717) is 31.3 Å². The molecule has 5 nitrogen and oxygen atoms in total. The van der Waals surface area contributed by atoms with Crippen molar-refractivity contribution in [2.75, 3.05) is 0 Å². The second kappa shape index (κ2) is 8.87. The van der Waals surface area contributed by atoms with Crippen LogP contribution in [0.25, 0.3) is 0 Å². The lowest BCUT2D eigenvalue weighted by molar-refractivity contribution is -0.174. The Hall–Kier alpha value is -1.88. The van der Waals surface area contributed by atoms with Gasteiger partial charge in [-0.15, -0.1) is 0 Å². The van der Waals surface area contributed by atoms with Crippen molar-refractivity contribution < 1.29 is 24.2 Å². The molecule has 1 N–H and O–H groups in total. The van der Waals surface area contributed by atoms with Gasteiger partial charge in [0.2, 0.25) is 0 Å². The fourth-order valence-corrected chi connectivity index (χ4v) is 3.83. The van der Waals surface area contributed by atoms with Crippen molar-refractivity contribution in [3.05, 3.63) is 35.5 Å². The summed E-state index contributed by atoms with van der Waals surface area (Å²) in [6.45, 7) is 11.1. The summed E-state index contributed by atoms with van der Waals surface area (Å²) >= 11 is 0. The molecule has 0 aromatic heterocycles. The molecule has 2 aliphatic rings. The van der Waals surface area contributed by atoms with Gasteiger partial charge in [0.05, 0.1) is 5.60 Å². The molecule has 0 radical (unpaired) electrons. The summed E-state index contributed by atoms with van der Waals surface area (Å²) in [4.78, 5) is 24.1. The van der Waals surface area contributed by atoms with E-state index in [1.54, 1.807) is 6.92 Å². The van der Waals surface area contributed by atoms with Crippen LogP contribution in [0.3, 0.4) is 0 Å². The lowest BCUT2D eigenvalue weighted by atomic mass is 9.78. The first-order chi connectivity index (χ1) is 12.6. The number of rotatable bonds is 1. The molecule has 27 heavy (non-hydrogen) atoms. The van der Waals surface area contributed by atoms with Crippen LogP contribution in [0.2, 0.25) is 0 Å². The minimum atomic E-state index is -1.15. The standard InChI is InChI=1S/C22H32O5/c1-14-8-6-9-15(2)12-19(26-17(4)23)18-13-20(27-21(24)16(18)3)22(5,25)11-7-10-14/h9-10,18-20,25H,3,6-8,11-13H2,1-2,4-5H3/b14-10+,15-9-/t18-,19-,20+,22-/m1/s1. The van der Waals surface area contributed by atoms with E-state index in [0.717, 1.165) is 18.4 Å². The number of fused-ring (bicyclic) bond motifs is 2. The molecule has 0 aromatic carbocycles. The number of hydrogen-bond donors (Lipinski definition) is 1. The highest BCUT2D eigenvalue weighted by atomic mass is 16.6. The van der Waals surface area contributed by atoms with Gasteiger partial charge in [-0.25, -0.2) is 4.79 Å². The lowest BCUT2D eigenvalue weighted by Crippen LogP contribution is -2.49. The maximum atomic E-state index is 12.4. The molecule has 0 amide bonds. The molecule has 0 aromatic rings. The predicted molar refractivity (Wildman–Crippen MR) is 104 cm³/mol. The summed E-state index contributed by atoms with van der Waals surface area (Å²) in [6.07, 6.45) is 7.17. The predicted octanol–water partition coefficient (Wildman–Crippen LogP) is 4.01. The van der Waals surface area contributed by atoms with Gasteiger partial charge < -0.3 is 14.6 Å². The molecule has 5 heteroatoms. The molecule has 0 saturated carbocycles. The molecule has 0 spiro atoms. The first-order valence-corrected chi connectivity index (χ1v) is 9.70. The van der Waals surface area contributed by atoms with E-state index in [4.69, 9.17) is 9.47 Å². The molecule has 0 unspecified atom stereocenters. The summed E-state index contributed by atoms with van der Waals surface area (Å²) < 4.78 is 11.1. The van der Waals surface area contributed by atoms with Crippen molar-refractivity contribution in [2.24, 2.45) is 5.92 Å². The highest BCUT2D eigenvalue weighted by Gasteiger charge is 2.45. The van der Waals surface area contributed by atoms with Crippen LogP contribution in [0.4, 0.5) is 0 Å². The molecule has 4 atom stereocenters. The Bertz CT molecular complexity index is 656. The summed E-state index contributed by atoms with van der Waals surface area (Å²) in [6, 6.07) is 0. The van der Waals surface area contributed by atoms with Crippen molar-refractivity contribution in [3.8, 4) is 0 Å². The fourth-order valence-electron chi connectivity index (χ4n) is 3.83. The topological polar surface area (TPSA) is 72.8 Å². The van der Waals surface area contributed by atoms with Crippen molar-refractivity contribution in [2.45, 2.75) is 84.0 Å². The maximum Gasteiger partial charge on any atom is 0.334 e. The fraction of sp³-hybridized carbons (Fsp3) is 0.636. The smallest absolute Gasteiger partial charge is 0.334 e. The molecule has 1 aliphatic heterocycles. The molecule has 1 aliphatic carbocycles. The van der Waals surface area contributed by atoms with Gasteiger partial charge in [0, 0.05) is 24.8 Å². The van der Waals surface area contributed by atoms with Gasteiger partial charge >= 0.3 is 11.9 Å². The van der Waals surface area contributed by atoms with Crippen molar-refractivity contribution in [1.82, 2.24) is 0 Å². The van der Waals surface area contributed by atoms with Crippen LogP contribution < -0.4 is 0 Å². The first kappa shape index (κ1) is 21.4. The second-order valence-electron chi connectivity index (χ2n) is 8.15. The highest BCUT2D eigenvalue weighted by molar-refractivity contribution is 5.89. The summed E-state index contributed by atoms with van der Waals surface area (Å²) in [7, 11) is 0. The van der Waals surface area contributed by atoms with E-state index in [9.17, 15) is 14.7 Å². The van der Waals surface area contributed by atoms with E-state index in [1.807, 2.05) is 6.92 Å². The number of esters is 2. The van der Waals surface area contributed by atoms with E-state index < -0.39 is 23.8 Å². The molecule has 1 saturated heterocycles. The third kappa shape index (κ3) is 5.80. The van der Waals surface area contributed by atoms with Gasteiger partial charge in [0.1, 0.15) is 12.2 Å². The maximum absolute atomic E-state index is 12.4. The Kier molecular flexibility index (Phi) is 7.04. The number of carbonyl (C=O) groups excluding carboxylic acids is 2. The molecular weight excluding hydrogens is 344 g/mol. The van der Waals surface area contributed by atoms with E-state index in [1.165, 1.54) is 12.5 Å². The van der Waals surface area contributed by atoms with Crippen LogP contribution in [0.1, 0.15) is 66.2 Å². The van der Waals surface area contributed by atoms with Gasteiger partial charge in [0.15, 0.2) is 0 Å². The van der Waals surface area contributed by atoms with Crippen LogP contribution in [0.5, 0.6) is 0 Å². The van der Waals surface area contributed by atoms with Crippen LogP contribution in [0, 0.1) is 5.92 Å². The van der Waals surface area contributed by atoms with Crippen LogP contribution >= 0.6 is 0 Å². The monoisotopic (exact) mass is 376 g/mol. The van der Waals surface area contributed by atoms with E-state index in [2.05, 4.69) is 25.7 Å². The third-order valence-corrected chi connectivity index (χ3v) is 5.58. The molecule has 150 valence electrons. The summed E-state index contributed by atoms with van der Waals surface area (Å²) in [5.74, 6) is -1.27. The van der Waals surface area contributed by atoms with E-state index in [-0.39, 0.29) is 11.9 Å². The lowest BCUT2D eigenvalue weighted by Gasteiger charge is -2.40. The van der Waals surface area contributed by atoms with Gasteiger partial charge in [-0.05, 0) is 52.9 Å². The largest absolute Gasteiger partial charge is 0.462 e. The second-order valence-corrected chi connectivity index (χ2v) is 8.15. The van der Waals surface area contributed by atoms with Crippen LogP contribution in [-0.4, -0.2) is 34.9 Å². The Morgan fingerprint density at radius 2 is 1.96 bits per heavy atom. The molecule has 2 bridgehead atoms. The van der Waals surface area contributed by atoms with Crippen LogP contribution in [-0.2, 0) is 19.1 Å². The van der Waals surface area contributed by atoms with Gasteiger partial charge in [-0.2, -0.15) is 0 Å². The SMILES string of the molecule is C=C1C(=O)O[C@H]2C[C@H]1[C@H](OC(C)=O)C/C(C)=C\CC/C(C)=C/CC[C@@]2(C)O. The van der Waals surface area contributed by atoms with Crippen molar-refractivity contribution >= 4 is 11.9 Å². The zero-order valence-electron chi connectivity index (χ0n) is 16.9. The molecule has 2 rings (SSSR count). The van der Waals surface area contributed by atoms with Crippen LogP contribution in [0.15, 0.2) is 35.5 Å². The van der Waals surface area contributed by atoms with Gasteiger partial charge in [-0.1, -0.05) is 29.9 Å². The Morgan fingerprint density at radius 3 is 2.63 bits per heavy atom. The minimum absolute atomic E-state index is 0.309. The number of carbonyl (C=O) groups is 2. The number of ether oxygens (including phenoxy) is 2. The zero-order chi connectivity index (χ0) is 20.2. The average Bonchev–Trinajstić information content (AvgIpc) is 2.55. The van der Waals surface area contributed by atoms with Gasteiger partial charge in [0.25, 0.3) is 0 Å². The summed E-state index contributed by atoms with van der Waals surface area (Å²) in [5.41, 5.74) is 1.54. The van der Waals surface area contributed by atoms with Crippen molar-refractivity contribution in [1.29, 1.82) is 0 Å². The molecule has 1 fully saturated rings. The normalized spacial score (nSPS) is 37.1. The first-order valence-electron chi connectivity index (χ1n) is 9.70. The third-order valence-electron chi connectivity index (χ3n) is 5.58. The highest BCUT2D eigenvalue weighted by Crippen LogP contribution is 2.37. The Balaban J connectivity index is 2.38. The summed E-state index contributed by atoms with van der Waals surface area (Å²) in [5, 5.41) is 11.0. The average molecular weight is 376 g/mol. The zero-order valence-corrected chi connectivity index (χ0v) is 16.9. The van der Waals surface area contributed by atoms with Crippen molar-refractivity contribution in [3.63, 3.8) is 0 Å². The van der Waals surface area contributed by atoms with Gasteiger partial charge in [-0.3, -0.25) is 4.79 Å². The Labute approximate surface area is 162 Å². The molecule has 1 heterocycles. The van der Waals surface area contributed by atoms with E-state index >= 15 is 0 Å². The number of allylic oxidation sites excluding steroid dienone is 3. The molecular formula is C22H32O5. The number of aliphatic hydroxyl groups is 1. The number of hydrogen-bond acceptors (Lipinski definition) is 5. The minimum Gasteiger partial charge on any atom is -0.462 e. The quantitative estimate of drug-likeness (QED) is 0.425. The Morgan fingerprint density at radius 1 is 1.30 bits per heavy atom.